The first-order valence-electron chi connectivity index (χ1n) is 8.69. The van der Waals surface area contributed by atoms with Gasteiger partial charge in [-0.3, -0.25) is 9.59 Å². The fourth-order valence-corrected chi connectivity index (χ4v) is 2.84. The van der Waals surface area contributed by atoms with Gasteiger partial charge in [0, 0.05) is 23.9 Å². The van der Waals surface area contributed by atoms with Gasteiger partial charge < -0.3 is 20.1 Å². The summed E-state index contributed by atoms with van der Waals surface area (Å²) in [6, 6.07) is 8.55. The Bertz CT molecular complexity index is 910. The molecule has 0 aliphatic heterocycles. The fraction of sp³-hybridized carbons (Fsp3) is 0.238. The third-order valence-corrected chi connectivity index (χ3v) is 4.26. The van der Waals surface area contributed by atoms with Gasteiger partial charge in [-0.1, -0.05) is 17.7 Å². The van der Waals surface area contributed by atoms with Crippen LogP contribution in [-0.2, 0) is 4.79 Å². The molecule has 148 valence electrons. The first-order valence-corrected chi connectivity index (χ1v) is 9.06. The van der Waals surface area contributed by atoms with Crippen molar-refractivity contribution in [3.63, 3.8) is 0 Å². The number of anilines is 1. The number of benzene rings is 2. The van der Waals surface area contributed by atoms with Gasteiger partial charge in [-0.25, -0.2) is 0 Å². The number of carbonyl (C=O) groups is 2. The second-order valence-electron chi connectivity index (χ2n) is 5.95. The van der Waals surface area contributed by atoms with E-state index in [1.165, 1.54) is 20.3 Å². The maximum absolute atomic E-state index is 12.3. The van der Waals surface area contributed by atoms with E-state index in [1.807, 2.05) is 13.8 Å². The SMILES string of the molecule is CCNC(=O)c1ccc(C)c(NC(=O)/C=C/c2cc(Cl)c(OC)c(OC)c2)c1. The van der Waals surface area contributed by atoms with Crippen LogP contribution in [0.25, 0.3) is 6.08 Å². The quantitative estimate of drug-likeness (QED) is 0.684. The molecule has 2 amide bonds. The second kappa shape index (κ2) is 9.80. The largest absolute Gasteiger partial charge is 0.493 e. The predicted octanol–water partition coefficient (Wildman–Crippen LogP) is 4.07. The highest BCUT2D eigenvalue weighted by molar-refractivity contribution is 6.32. The Kier molecular flexibility index (Phi) is 7.46. The Labute approximate surface area is 169 Å². The van der Waals surface area contributed by atoms with Gasteiger partial charge >= 0.3 is 0 Å². The van der Waals surface area contributed by atoms with Crippen LogP contribution in [-0.4, -0.2) is 32.6 Å². The molecule has 28 heavy (non-hydrogen) atoms. The number of carbonyl (C=O) groups excluding carboxylic acids is 2. The minimum atomic E-state index is -0.331. The van der Waals surface area contributed by atoms with E-state index in [9.17, 15) is 9.59 Å². The normalized spacial score (nSPS) is 10.6. The molecule has 2 aromatic carbocycles. The van der Waals surface area contributed by atoms with E-state index in [0.29, 0.717) is 39.9 Å². The van der Waals surface area contributed by atoms with Gasteiger partial charge in [0.1, 0.15) is 0 Å². The van der Waals surface area contributed by atoms with Gasteiger partial charge in [0.25, 0.3) is 5.91 Å². The maximum atomic E-state index is 12.3. The van der Waals surface area contributed by atoms with Crippen molar-refractivity contribution in [3.05, 3.63) is 58.1 Å². The van der Waals surface area contributed by atoms with Gasteiger partial charge in [0.05, 0.1) is 19.2 Å². The lowest BCUT2D eigenvalue weighted by molar-refractivity contribution is -0.111. The Hall–Kier alpha value is -2.99. The van der Waals surface area contributed by atoms with Crippen molar-refractivity contribution in [2.24, 2.45) is 0 Å². The molecule has 0 radical (unpaired) electrons. The van der Waals surface area contributed by atoms with Crippen LogP contribution in [0.2, 0.25) is 5.02 Å². The number of halogens is 1. The van der Waals surface area contributed by atoms with Crippen LogP contribution in [0.4, 0.5) is 5.69 Å². The molecule has 0 saturated carbocycles. The molecular weight excluding hydrogens is 380 g/mol. The lowest BCUT2D eigenvalue weighted by Crippen LogP contribution is -2.23. The number of methoxy groups -OCH3 is 2. The van der Waals surface area contributed by atoms with Crippen LogP contribution in [0.15, 0.2) is 36.4 Å². The highest BCUT2D eigenvalue weighted by Gasteiger charge is 2.11. The average Bonchev–Trinajstić information content (AvgIpc) is 2.67. The summed E-state index contributed by atoms with van der Waals surface area (Å²) in [4.78, 5) is 24.3. The molecule has 0 heterocycles. The number of amides is 2. The molecule has 2 aromatic rings. The number of aryl methyl sites for hydroxylation is 1. The topological polar surface area (TPSA) is 76.7 Å². The standard InChI is InChI=1S/C21H23ClN2O4/c1-5-23-21(26)15-8-6-13(2)17(12-15)24-19(25)9-7-14-10-16(22)20(28-4)18(11-14)27-3/h6-12H,5H2,1-4H3,(H,23,26)(H,24,25)/b9-7+. The Morgan fingerprint density at radius 2 is 1.89 bits per heavy atom. The zero-order valence-electron chi connectivity index (χ0n) is 16.3. The number of rotatable bonds is 7. The van der Waals surface area contributed by atoms with Crippen molar-refractivity contribution in [2.75, 3.05) is 26.1 Å². The predicted molar refractivity (Wildman–Crippen MR) is 111 cm³/mol. The second-order valence-corrected chi connectivity index (χ2v) is 6.36. The van der Waals surface area contributed by atoms with E-state index in [4.69, 9.17) is 21.1 Å². The van der Waals surface area contributed by atoms with Crippen LogP contribution in [0.5, 0.6) is 11.5 Å². The Balaban J connectivity index is 2.17. The molecular formula is C21H23ClN2O4. The molecule has 0 atom stereocenters. The summed E-state index contributed by atoms with van der Waals surface area (Å²) in [5.41, 5.74) is 2.59. The summed E-state index contributed by atoms with van der Waals surface area (Å²) in [6.07, 6.45) is 3.00. The number of nitrogens with one attached hydrogen (secondary N) is 2. The molecule has 6 nitrogen and oxygen atoms in total. The highest BCUT2D eigenvalue weighted by Crippen LogP contribution is 2.36. The zero-order chi connectivity index (χ0) is 20.7. The number of ether oxygens (including phenoxy) is 2. The molecule has 2 N–H and O–H groups in total. The van der Waals surface area contributed by atoms with Crippen LogP contribution >= 0.6 is 11.6 Å². The van der Waals surface area contributed by atoms with Crippen molar-refractivity contribution in [3.8, 4) is 11.5 Å². The molecule has 0 saturated heterocycles. The average molecular weight is 403 g/mol. The van der Waals surface area contributed by atoms with E-state index >= 15 is 0 Å². The maximum Gasteiger partial charge on any atom is 0.251 e. The van der Waals surface area contributed by atoms with E-state index < -0.39 is 0 Å². The van der Waals surface area contributed by atoms with Gasteiger partial charge in [0.2, 0.25) is 5.91 Å². The first-order chi connectivity index (χ1) is 13.4. The summed E-state index contributed by atoms with van der Waals surface area (Å²) in [5, 5.41) is 5.90. The molecule has 0 spiro atoms. The van der Waals surface area contributed by atoms with Gasteiger partial charge in [-0.05, 0) is 55.3 Å². The van der Waals surface area contributed by atoms with Crippen LogP contribution in [0.3, 0.4) is 0 Å². The molecule has 0 aliphatic rings. The third-order valence-electron chi connectivity index (χ3n) is 3.98. The monoisotopic (exact) mass is 402 g/mol. The van der Waals surface area contributed by atoms with Gasteiger partial charge in [-0.15, -0.1) is 0 Å². The van der Waals surface area contributed by atoms with Crippen LogP contribution < -0.4 is 20.1 Å². The summed E-state index contributed by atoms with van der Waals surface area (Å²) >= 11 is 6.17. The smallest absolute Gasteiger partial charge is 0.251 e. The Morgan fingerprint density at radius 1 is 1.14 bits per heavy atom. The lowest BCUT2D eigenvalue weighted by atomic mass is 10.1. The van der Waals surface area contributed by atoms with E-state index in [-0.39, 0.29) is 11.8 Å². The van der Waals surface area contributed by atoms with Gasteiger partial charge in [-0.2, -0.15) is 0 Å². The number of hydrogen-bond acceptors (Lipinski definition) is 4. The summed E-state index contributed by atoms with van der Waals surface area (Å²) in [6.45, 7) is 4.24. The summed E-state index contributed by atoms with van der Waals surface area (Å²) < 4.78 is 10.4. The van der Waals surface area contributed by atoms with Crippen LogP contribution in [0.1, 0.15) is 28.4 Å². The van der Waals surface area contributed by atoms with Crippen LogP contribution in [0, 0.1) is 6.92 Å². The van der Waals surface area contributed by atoms with Crippen molar-refractivity contribution in [2.45, 2.75) is 13.8 Å². The zero-order valence-corrected chi connectivity index (χ0v) is 17.0. The molecule has 0 bridgehead atoms. The van der Waals surface area contributed by atoms with Crippen molar-refractivity contribution in [1.29, 1.82) is 0 Å². The van der Waals surface area contributed by atoms with Crippen molar-refractivity contribution in [1.82, 2.24) is 5.32 Å². The van der Waals surface area contributed by atoms with Crippen molar-refractivity contribution < 1.29 is 19.1 Å². The lowest BCUT2D eigenvalue weighted by Gasteiger charge is -2.10. The number of hydrogen-bond donors (Lipinski definition) is 2. The summed E-state index contributed by atoms with van der Waals surface area (Å²) in [5.74, 6) is 0.389. The fourth-order valence-electron chi connectivity index (χ4n) is 2.54. The minimum Gasteiger partial charge on any atom is -0.493 e. The van der Waals surface area contributed by atoms with Crippen molar-refractivity contribution >= 4 is 35.2 Å². The third kappa shape index (κ3) is 5.27. The van der Waals surface area contributed by atoms with Gasteiger partial charge in [0.15, 0.2) is 11.5 Å². The first kappa shape index (κ1) is 21.3. The molecule has 7 heteroatoms. The highest BCUT2D eigenvalue weighted by atomic mass is 35.5. The minimum absolute atomic E-state index is 0.187. The molecule has 0 fully saturated rings. The molecule has 0 aromatic heterocycles. The summed E-state index contributed by atoms with van der Waals surface area (Å²) in [7, 11) is 3.02. The Morgan fingerprint density at radius 3 is 2.54 bits per heavy atom. The molecule has 0 aliphatic carbocycles. The molecule has 2 rings (SSSR count). The van der Waals surface area contributed by atoms with E-state index in [1.54, 1.807) is 36.4 Å². The van der Waals surface area contributed by atoms with E-state index in [0.717, 1.165) is 5.56 Å². The molecule has 0 unspecified atom stereocenters. The van der Waals surface area contributed by atoms with E-state index in [2.05, 4.69) is 10.6 Å².